The first-order valence-corrected chi connectivity index (χ1v) is 12.1. The predicted octanol–water partition coefficient (Wildman–Crippen LogP) is 6.71. The Morgan fingerprint density at radius 2 is 1.94 bits per heavy atom. The normalized spacial score (nSPS) is 18.0. The second-order valence-electron chi connectivity index (χ2n) is 8.63. The van der Waals surface area contributed by atoms with Crippen LogP contribution in [0.5, 0.6) is 0 Å². The van der Waals surface area contributed by atoms with Gasteiger partial charge in [0.05, 0.1) is 12.7 Å². The Labute approximate surface area is 202 Å². The lowest BCUT2D eigenvalue weighted by Gasteiger charge is -2.14. The Bertz CT molecular complexity index is 1080. The van der Waals surface area contributed by atoms with Gasteiger partial charge in [0.15, 0.2) is 0 Å². The van der Waals surface area contributed by atoms with Crippen molar-refractivity contribution in [2.45, 2.75) is 38.5 Å². The van der Waals surface area contributed by atoms with Crippen molar-refractivity contribution < 1.29 is 18.3 Å². The number of hydrogen-bond acceptors (Lipinski definition) is 3. The molecular formula is C27H28BrF2NO2. The second kappa shape index (κ2) is 10.7. The van der Waals surface area contributed by atoms with E-state index >= 15 is 0 Å². The van der Waals surface area contributed by atoms with Crippen LogP contribution in [0, 0.1) is 0 Å². The molecule has 0 amide bonds. The van der Waals surface area contributed by atoms with E-state index in [9.17, 15) is 13.6 Å². The van der Waals surface area contributed by atoms with Gasteiger partial charge in [-0.2, -0.15) is 0 Å². The van der Waals surface area contributed by atoms with E-state index in [0.29, 0.717) is 12.1 Å². The summed E-state index contributed by atoms with van der Waals surface area (Å²) in [6.45, 7) is 2.06. The fourth-order valence-electron chi connectivity index (χ4n) is 4.62. The number of aryl methyl sites for hydroxylation is 1. The Kier molecular flexibility index (Phi) is 7.76. The fourth-order valence-corrected chi connectivity index (χ4v) is 5.35. The predicted molar refractivity (Wildman–Crippen MR) is 132 cm³/mol. The number of carbonyl (C=O) groups excluding carboxylic acids is 1. The van der Waals surface area contributed by atoms with Crippen molar-refractivity contribution in [3.05, 3.63) is 80.3 Å². The molecule has 6 heteroatoms. The number of fused-ring (bicyclic) bond motifs is 1. The van der Waals surface area contributed by atoms with Gasteiger partial charge < -0.3 is 4.74 Å². The Morgan fingerprint density at radius 3 is 2.67 bits per heavy atom. The lowest BCUT2D eigenvalue weighted by atomic mass is 9.92. The van der Waals surface area contributed by atoms with Crippen LogP contribution in [-0.2, 0) is 11.2 Å². The minimum atomic E-state index is -2.24. The van der Waals surface area contributed by atoms with E-state index in [1.807, 2.05) is 18.2 Å². The summed E-state index contributed by atoms with van der Waals surface area (Å²) in [7, 11) is 1.40. The van der Waals surface area contributed by atoms with Gasteiger partial charge >= 0.3 is 5.97 Å². The van der Waals surface area contributed by atoms with Crippen molar-refractivity contribution in [3.8, 4) is 0 Å². The molecule has 0 N–H and O–H groups in total. The number of benzene rings is 2. The molecule has 2 aliphatic rings. The van der Waals surface area contributed by atoms with Crippen LogP contribution in [-0.4, -0.2) is 44.0 Å². The first kappa shape index (κ1) is 23.8. The maximum atomic E-state index is 12.5. The van der Waals surface area contributed by atoms with Gasteiger partial charge in [0.2, 0.25) is 6.43 Å². The molecule has 1 fully saturated rings. The molecule has 0 bridgehead atoms. The standard InChI is InChI=1S/C27H28BrF2NO2/c1-33-27(32)22-9-10-23-21(16-22)3-2-4-24(28)26(23)20-7-5-18(6-8-20)15-19-11-13-31(17-19)14-12-25(29)30/h5-10,15-16,25H,2-4,11-14,17H2,1H3. The number of rotatable bonds is 6. The summed E-state index contributed by atoms with van der Waals surface area (Å²) >= 11 is 3.81. The molecule has 1 aliphatic carbocycles. The SMILES string of the molecule is COC(=O)c1ccc2c(c1)CCCC(Br)=C2c1ccc(C=C2CCN(CCC(F)F)C2)cc1. The highest BCUT2D eigenvalue weighted by Gasteiger charge is 2.20. The number of carbonyl (C=O) groups is 1. The zero-order chi connectivity index (χ0) is 23.4. The van der Waals surface area contributed by atoms with Crippen molar-refractivity contribution >= 4 is 33.5 Å². The summed E-state index contributed by atoms with van der Waals surface area (Å²) in [6.07, 6.45) is 3.67. The maximum Gasteiger partial charge on any atom is 0.337 e. The van der Waals surface area contributed by atoms with Crippen LogP contribution in [0.2, 0.25) is 0 Å². The molecule has 1 heterocycles. The van der Waals surface area contributed by atoms with Crippen molar-refractivity contribution in [1.82, 2.24) is 4.90 Å². The molecule has 1 aliphatic heterocycles. The van der Waals surface area contributed by atoms with Gasteiger partial charge in [0.25, 0.3) is 0 Å². The number of methoxy groups -OCH3 is 1. The smallest absolute Gasteiger partial charge is 0.337 e. The van der Waals surface area contributed by atoms with Crippen LogP contribution >= 0.6 is 15.9 Å². The highest BCUT2D eigenvalue weighted by molar-refractivity contribution is 9.11. The topological polar surface area (TPSA) is 29.5 Å². The molecule has 4 rings (SSSR count). The van der Waals surface area contributed by atoms with E-state index in [1.54, 1.807) is 0 Å². The summed E-state index contributed by atoms with van der Waals surface area (Å²) in [5, 5.41) is 0. The molecule has 3 nitrogen and oxygen atoms in total. The van der Waals surface area contributed by atoms with Crippen LogP contribution in [0.4, 0.5) is 8.78 Å². The van der Waals surface area contributed by atoms with E-state index < -0.39 is 6.43 Å². The largest absolute Gasteiger partial charge is 0.465 e. The number of alkyl halides is 2. The van der Waals surface area contributed by atoms with Crippen LogP contribution in [0.1, 0.15) is 58.3 Å². The minimum absolute atomic E-state index is 0.0609. The van der Waals surface area contributed by atoms with Gasteiger partial charge in [-0.05, 0) is 65.6 Å². The summed E-state index contributed by atoms with van der Waals surface area (Å²) in [4.78, 5) is 14.1. The molecule has 0 atom stereocenters. The van der Waals surface area contributed by atoms with Gasteiger partial charge in [-0.15, -0.1) is 0 Å². The van der Waals surface area contributed by atoms with Crippen molar-refractivity contribution in [3.63, 3.8) is 0 Å². The van der Waals surface area contributed by atoms with Gasteiger partial charge in [-0.25, -0.2) is 13.6 Å². The molecule has 0 aromatic heterocycles. The third-order valence-electron chi connectivity index (χ3n) is 6.32. The number of ether oxygens (including phenoxy) is 1. The van der Waals surface area contributed by atoms with E-state index in [1.165, 1.54) is 17.2 Å². The van der Waals surface area contributed by atoms with Gasteiger partial charge in [0, 0.05) is 30.5 Å². The minimum Gasteiger partial charge on any atom is -0.465 e. The quantitative estimate of drug-likeness (QED) is 0.400. The zero-order valence-electron chi connectivity index (χ0n) is 18.8. The average molecular weight is 516 g/mol. The second-order valence-corrected chi connectivity index (χ2v) is 9.58. The van der Waals surface area contributed by atoms with E-state index in [0.717, 1.165) is 66.6 Å². The number of nitrogens with zero attached hydrogens (tertiary/aromatic N) is 1. The van der Waals surface area contributed by atoms with Crippen LogP contribution in [0.3, 0.4) is 0 Å². The van der Waals surface area contributed by atoms with Gasteiger partial charge in [-0.3, -0.25) is 4.90 Å². The number of likely N-dealkylation sites (tertiary alicyclic amines) is 1. The maximum absolute atomic E-state index is 12.5. The fraction of sp³-hybridized carbons (Fsp3) is 0.370. The molecule has 2 aromatic carbocycles. The summed E-state index contributed by atoms with van der Waals surface area (Å²) in [5.41, 5.74) is 7.57. The number of esters is 1. The zero-order valence-corrected chi connectivity index (χ0v) is 20.3. The highest BCUT2D eigenvalue weighted by Crippen LogP contribution is 2.38. The monoisotopic (exact) mass is 515 g/mol. The molecule has 2 aromatic rings. The summed E-state index contributed by atoms with van der Waals surface area (Å²) in [6, 6.07) is 14.3. The Balaban J connectivity index is 1.55. The third kappa shape index (κ3) is 5.79. The summed E-state index contributed by atoms with van der Waals surface area (Å²) in [5.74, 6) is -0.316. The van der Waals surface area contributed by atoms with Gasteiger partial charge in [0.1, 0.15) is 0 Å². The van der Waals surface area contributed by atoms with Crippen molar-refractivity contribution in [2.24, 2.45) is 0 Å². The van der Waals surface area contributed by atoms with Crippen molar-refractivity contribution in [2.75, 3.05) is 26.7 Å². The third-order valence-corrected chi connectivity index (χ3v) is 7.11. The first-order valence-electron chi connectivity index (χ1n) is 11.3. The van der Waals surface area contributed by atoms with Crippen LogP contribution in [0.25, 0.3) is 11.6 Å². The number of hydrogen-bond donors (Lipinski definition) is 0. The molecule has 0 spiro atoms. The molecule has 0 unspecified atom stereocenters. The number of allylic oxidation sites excluding steroid dienone is 1. The Morgan fingerprint density at radius 1 is 1.15 bits per heavy atom. The molecule has 0 saturated carbocycles. The molecule has 174 valence electrons. The highest BCUT2D eigenvalue weighted by atomic mass is 79.9. The van der Waals surface area contributed by atoms with Crippen molar-refractivity contribution in [1.29, 1.82) is 0 Å². The van der Waals surface area contributed by atoms with E-state index in [-0.39, 0.29) is 12.4 Å². The van der Waals surface area contributed by atoms with E-state index in [4.69, 9.17) is 4.74 Å². The van der Waals surface area contributed by atoms with Gasteiger partial charge in [-0.1, -0.05) is 57.9 Å². The van der Waals surface area contributed by atoms with Crippen LogP contribution < -0.4 is 0 Å². The number of halogens is 3. The molecule has 1 saturated heterocycles. The molecule has 0 radical (unpaired) electrons. The Hall–Kier alpha value is -2.31. The van der Waals surface area contributed by atoms with Crippen LogP contribution in [0.15, 0.2) is 52.5 Å². The molecular weight excluding hydrogens is 488 g/mol. The lowest BCUT2D eigenvalue weighted by Crippen LogP contribution is -2.22. The molecule has 33 heavy (non-hydrogen) atoms. The average Bonchev–Trinajstić information content (AvgIpc) is 3.19. The van der Waals surface area contributed by atoms with E-state index in [2.05, 4.69) is 51.2 Å². The first-order chi connectivity index (χ1) is 15.9. The lowest BCUT2D eigenvalue weighted by molar-refractivity contribution is 0.0600. The summed E-state index contributed by atoms with van der Waals surface area (Å²) < 4.78 is 31.0.